The van der Waals surface area contributed by atoms with Crippen molar-refractivity contribution in [3.05, 3.63) is 12.4 Å². The first-order valence-corrected chi connectivity index (χ1v) is 10.9. The van der Waals surface area contributed by atoms with E-state index in [4.69, 9.17) is 9.47 Å². The molecule has 1 atom stereocenters. The fourth-order valence-corrected chi connectivity index (χ4v) is 4.32. The number of piperidine rings is 1. The first-order valence-electron chi connectivity index (χ1n) is 10.9. The normalized spacial score (nSPS) is 23.4. The Bertz CT molecular complexity index is 714. The third-order valence-corrected chi connectivity index (χ3v) is 5.97. The number of rotatable bonds is 5. The summed E-state index contributed by atoms with van der Waals surface area (Å²) < 4.78 is 12.3. The zero-order chi connectivity index (χ0) is 20.8. The van der Waals surface area contributed by atoms with Crippen molar-refractivity contribution in [2.75, 3.05) is 77.6 Å². The van der Waals surface area contributed by atoms with Crippen LogP contribution in [0.3, 0.4) is 0 Å². The third-order valence-electron chi connectivity index (χ3n) is 5.97. The van der Waals surface area contributed by atoms with Crippen molar-refractivity contribution >= 4 is 17.6 Å². The van der Waals surface area contributed by atoms with Gasteiger partial charge in [-0.25, -0.2) is 4.79 Å². The van der Waals surface area contributed by atoms with Gasteiger partial charge in [-0.15, -0.1) is 0 Å². The Morgan fingerprint density at radius 2 is 1.77 bits per heavy atom. The fourth-order valence-electron chi connectivity index (χ4n) is 4.32. The second-order valence-electron chi connectivity index (χ2n) is 8.22. The summed E-state index contributed by atoms with van der Waals surface area (Å²) in [5.41, 5.74) is 0.616. The molecular weight excluding hydrogens is 388 g/mol. The molecule has 10 nitrogen and oxygen atoms in total. The van der Waals surface area contributed by atoms with Crippen LogP contribution in [0.2, 0.25) is 0 Å². The number of nitrogens with one attached hydrogen (secondary N) is 1. The van der Waals surface area contributed by atoms with Crippen LogP contribution in [0, 0.1) is 5.92 Å². The maximum absolute atomic E-state index is 12.7. The van der Waals surface area contributed by atoms with Crippen molar-refractivity contribution in [3.63, 3.8) is 0 Å². The summed E-state index contributed by atoms with van der Waals surface area (Å²) in [5, 5.41) is 7.16. The molecule has 3 aliphatic rings. The molecule has 10 heteroatoms. The van der Waals surface area contributed by atoms with E-state index in [1.54, 1.807) is 22.0 Å². The standard InChI is InChI=1S/C20H32N6O4/c27-19(24-6-10-30-11-7-24)16-26-15-18(12-21-26)22-20(28)25-3-1-2-17(14-25)13-23-4-8-29-9-5-23/h12,15,17H,1-11,13-14,16H2,(H,22,28). The number of likely N-dealkylation sites (tertiary alicyclic amines) is 1. The molecule has 1 unspecified atom stereocenters. The van der Waals surface area contributed by atoms with Crippen LogP contribution in [0.1, 0.15) is 12.8 Å². The predicted octanol–water partition coefficient (Wildman–Crippen LogP) is 0.318. The van der Waals surface area contributed by atoms with Gasteiger partial charge in [-0.3, -0.25) is 14.4 Å². The maximum atomic E-state index is 12.7. The van der Waals surface area contributed by atoms with Gasteiger partial charge in [-0.05, 0) is 18.8 Å². The Kier molecular flexibility index (Phi) is 7.19. The van der Waals surface area contributed by atoms with Gasteiger partial charge in [-0.2, -0.15) is 5.10 Å². The third kappa shape index (κ3) is 5.71. The highest BCUT2D eigenvalue weighted by atomic mass is 16.5. The van der Waals surface area contributed by atoms with Crippen LogP contribution in [-0.2, 0) is 20.8 Å². The molecule has 1 aromatic rings. The molecule has 3 amide bonds. The van der Waals surface area contributed by atoms with Crippen molar-refractivity contribution in [1.82, 2.24) is 24.5 Å². The van der Waals surface area contributed by atoms with E-state index in [9.17, 15) is 9.59 Å². The molecule has 1 N–H and O–H groups in total. The lowest BCUT2D eigenvalue weighted by atomic mass is 9.97. The van der Waals surface area contributed by atoms with E-state index in [-0.39, 0.29) is 18.5 Å². The van der Waals surface area contributed by atoms with E-state index in [1.165, 1.54) is 0 Å². The molecule has 30 heavy (non-hydrogen) atoms. The van der Waals surface area contributed by atoms with Gasteiger partial charge in [0.25, 0.3) is 0 Å². The molecule has 3 fully saturated rings. The van der Waals surface area contributed by atoms with Crippen molar-refractivity contribution in [1.29, 1.82) is 0 Å². The Balaban J connectivity index is 1.24. The highest BCUT2D eigenvalue weighted by molar-refractivity contribution is 5.89. The van der Waals surface area contributed by atoms with E-state index in [0.717, 1.165) is 58.8 Å². The summed E-state index contributed by atoms with van der Waals surface area (Å²) in [7, 11) is 0. The number of nitrogens with zero attached hydrogens (tertiary/aromatic N) is 5. The lowest BCUT2D eigenvalue weighted by molar-refractivity contribution is -0.136. The molecular formula is C20H32N6O4. The first-order chi connectivity index (χ1) is 14.7. The Morgan fingerprint density at radius 1 is 1.03 bits per heavy atom. The Hall–Kier alpha value is -2.17. The lowest BCUT2D eigenvalue weighted by Crippen LogP contribution is -2.47. The molecule has 3 aliphatic heterocycles. The van der Waals surface area contributed by atoms with Crippen molar-refractivity contribution in [3.8, 4) is 0 Å². The summed E-state index contributed by atoms with van der Waals surface area (Å²) in [4.78, 5) is 31.2. The van der Waals surface area contributed by atoms with Crippen LogP contribution in [0.5, 0.6) is 0 Å². The van der Waals surface area contributed by atoms with Crippen LogP contribution in [0.4, 0.5) is 10.5 Å². The number of aromatic nitrogens is 2. The zero-order valence-corrected chi connectivity index (χ0v) is 17.5. The van der Waals surface area contributed by atoms with Crippen LogP contribution in [0.25, 0.3) is 0 Å². The molecule has 1 aromatic heterocycles. The quantitative estimate of drug-likeness (QED) is 0.738. The average Bonchev–Trinajstić information content (AvgIpc) is 3.22. The minimum atomic E-state index is -0.0965. The highest BCUT2D eigenvalue weighted by Crippen LogP contribution is 2.19. The number of urea groups is 1. The topological polar surface area (TPSA) is 92.2 Å². The monoisotopic (exact) mass is 420 g/mol. The summed E-state index contributed by atoms with van der Waals surface area (Å²) in [6.07, 6.45) is 5.49. The van der Waals surface area contributed by atoms with Gasteiger partial charge in [0, 0.05) is 52.0 Å². The number of hydrogen-bond donors (Lipinski definition) is 1. The average molecular weight is 421 g/mol. The molecule has 0 radical (unpaired) electrons. The number of anilines is 1. The number of carbonyl (C=O) groups is 2. The largest absolute Gasteiger partial charge is 0.379 e. The molecule has 0 spiro atoms. The summed E-state index contributed by atoms with van der Waals surface area (Å²) in [6.45, 7) is 8.68. The molecule has 0 aliphatic carbocycles. The molecule has 4 heterocycles. The SMILES string of the molecule is O=C(Cn1cc(NC(=O)N2CCCC(CN3CCOCC3)C2)cn1)N1CCOCC1. The van der Waals surface area contributed by atoms with E-state index < -0.39 is 0 Å². The highest BCUT2D eigenvalue weighted by Gasteiger charge is 2.26. The molecule has 4 rings (SSSR count). The van der Waals surface area contributed by atoms with Gasteiger partial charge in [0.1, 0.15) is 6.54 Å². The van der Waals surface area contributed by atoms with E-state index in [2.05, 4.69) is 15.3 Å². The summed E-state index contributed by atoms with van der Waals surface area (Å²) >= 11 is 0. The molecule has 0 bridgehead atoms. The van der Waals surface area contributed by atoms with E-state index >= 15 is 0 Å². The van der Waals surface area contributed by atoms with Gasteiger partial charge < -0.3 is 24.6 Å². The summed E-state index contributed by atoms with van der Waals surface area (Å²) in [5.74, 6) is 0.512. The molecule has 166 valence electrons. The van der Waals surface area contributed by atoms with Crippen LogP contribution >= 0.6 is 0 Å². The van der Waals surface area contributed by atoms with Gasteiger partial charge in [0.15, 0.2) is 0 Å². The van der Waals surface area contributed by atoms with Gasteiger partial charge in [0.2, 0.25) is 5.91 Å². The fraction of sp³-hybridized carbons (Fsp3) is 0.750. The van der Waals surface area contributed by atoms with Gasteiger partial charge >= 0.3 is 6.03 Å². The lowest BCUT2D eigenvalue weighted by Gasteiger charge is -2.36. The predicted molar refractivity (Wildman–Crippen MR) is 110 cm³/mol. The molecule has 0 saturated carbocycles. The van der Waals surface area contributed by atoms with Gasteiger partial charge in [-0.1, -0.05) is 0 Å². The van der Waals surface area contributed by atoms with Crippen molar-refractivity contribution < 1.29 is 19.1 Å². The number of amides is 3. The second kappa shape index (κ2) is 10.2. The molecule has 0 aromatic carbocycles. The van der Waals surface area contributed by atoms with E-state index in [0.29, 0.717) is 37.9 Å². The zero-order valence-electron chi connectivity index (χ0n) is 17.5. The number of morpholine rings is 2. The Morgan fingerprint density at radius 3 is 2.53 bits per heavy atom. The summed E-state index contributed by atoms with van der Waals surface area (Å²) in [6, 6.07) is -0.0965. The number of ether oxygens (including phenoxy) is 2. The smallest absolute Gasteiger partial charge is 0.321 e. The number of carbonyl (C=O) groups excluding carboxylic acids is 2. The van der Waals surface area contributed by atoms with Crippen molar-refractivity contribution in [2.45, 2.75) is 19.4 Å². The van der Waals surface area contributed by atoms with Crippen LogP contribution in [0.15, 0.2) is 12.4 Å². The first kappa shape index (κ1) is 21.1. The van der Waals surface area contributed by atoms with E-state index in [1.807, 2.05) is 4.90 Å². The second-order valence-corrected chi connectivity index (χ2v) is 8.22. The Labute approximate surface area is 177 Å². The van der Waals surface area contributed by atoms with Crippen LogP contribution < -0.4 is 5.32 Å². The number of hydrogen-bond acceptors (Lipinski definition) is 6. The maximum Gasteiger partial charge on any atom is 0.321 e. The minimum absolute atomic E-state index is 0.0151. The molecule has 3 saturated heterocycles. The van der Waals surface area contributed by atoms with Crippen molar-refractivity contribution in [2.24, 2.45) is 5.92 Å². The minimum Gasteiger partial charge on any atom is -0.379 e. The van der Waals surface area contributed by atoms with Crippen LogP contribution in [-0.4, -0.2) is 109 Å². The van der Waals surface area contributed by atoms with Gasteiger partial charge in [0.05, 0.1) is 38.3 Å².